The zero-order chi connectivity index (χ0) is 25.1. The molecule has 0 spiro atoms. The van der Waals surface area contributed by atoms with Gasteiger partial charge in [-0.3, -0.25) is 0 Å². The highest BCUT2D eigenvalue weighted by molar-refractivity contribution is 6.36. The van der Waals surface area contributed by atoms with Crippen LogP contribution in [-0.4, -0.2) is 0 Å². The molecule has 1 nitrogen and oxygen atoms in total. The van der Waals surface area contributed by atoms with Crippen molar-refractivity contribution in [3.05, 3.63) is 137 Å². The number of para-hydroxylation sites is 1. The number of anilines is 3. The molecule has 7 rings (SSSR count). The van der Waals surface area contributed by atoms with Crippen LogP contribution < -0.4 is 4.90 Å². The van der Waals surface area contributed by atoms with Crippen molar-refractivity contribution in [1.82, 2.24) is 0 Å². The molecule has 0 radical (unpaired) electrons. The Hall–Kier alpha value is -4.07. The smallest absolute Gasteiger partial charge is 0.0540 e. The van der Waals surface area contributed by atoms with Gasteiger partial charge >= 0.3 is 0 Å². The van der Waals surface area contributed by atoms with E-state index in [2.05, 4.69) is 140 Å². The molecule has 0 bridgehead atoms. The molecule has 1 aliphatic carbocycles. The topological polar surface area (TPSA) is 3.24 Å². The first-order valence-corrected chi connectivity index (χ1v) is 13.1. The van der Waals surface area contributed by atoms with E-state index in [1.54, 1.807) is 0 Å². The number of halogens is 1. The Kier molecular flexibility index (Phi) is 4.93. The van der Waals surface area contributed by atoms with Crippen LogP contribution in [0.15, 0.2) is 121 Å². The standard InChI is InChI=1S/C35H26ClN/c1-35(2)30-21-25(19-20-29(30)34-28-17-9-8-16-27(28)32(36)22-31(34)35)37(24-13-4-3-5-14-24)33-18-10-12-23-11-6-7-15-26(23)33/h3-22H,1-2H3. The van der Waals surface area contributed by atoms with Crippen molar-refractivity contribution in [1.29, 1.82) is 0 Å². The van der Waals surface area contributed by atoms with E-state index in [4.69, 9.17) is 11.6 Å². The number of benzene rings is 6. The van der Waals surface area contributed by atoms with E-state index in [1.807, 2.05) is 0 Å². The zero-order valence-electron chi connectivity index (χ0n) is 20.9. The average molecular weight is 496 g/mol. The SMILES string of the molecule is CC1(C)c2cc(N(c3ccccc3)c3cccc4ccccc34)ccc2-c2c1cc(Cl)c1ccccc21. The molecular formula is C35H26ClN. The molecule has 0 aliphatic heterocycles. The fourth-order valence-corrected chi connectivity index (χ4v) is 6.35. The van der Waals surface area contributed by atoms with Crippen molar-refractivity contribution >= 4 is 50.2 Å². The third-order valence-corrected chi connectivity index (χ3v) is 8.21. The summed E-state index contributed by atoms with van der Waals surface area (Å²) in [5.41, 5.74) is 8.51. The molecule has 0 unspecified atom stereocenters. The highest BCUT2D eigenvalue weighted by Gasteiger charge is 2.37. The summed E-state index contributed by atoms with van der Waals surface area (Å²) in [6, 6.07) is 43.4. The van der Waals surface area contributed by atoms with E-state index >= 15 is 0 Å². The maximum atomic E-state index is 6.80. The van der Waals surface area contributed by atoms with Crippen molar-refractivity contribution in [3.63, 3.8) is 0 Å². The second-order valence-corrected chi connectivity index (χ2v) is 10.8. The summed E-state index contributed by atoms with van der Waals surface area (Å²) in [6.45, 7) is 4.63. The fourth-order valence-electron chi connectivity index (χ4n) is 6.07. The van der Waals surface area contributed by atoms with Crippen molar-refractivity contribution in [2.24, 2.45) is 0 Å². The first-order valence-electron chi connectivity index (χ1n) is 12.7. The number of fused-ring (bicyclic) bond motifs is 6. The summed E-state index contributed by atoms with van der Waals surface area (Å²) in [7, 11) is 0. The van der Waals surface area contributed by atoms with E-state index in [0.717, 1.165) is 21.8 Å². The van der Waals surface area contributed by atoms with Crippen LogP contribution in [0.1, 0.15) is 25.0 Å². The zero-order valence-corrected chi connectivity index (χ0v) is 21.6. The largest absolute Gasteiger partial charge is 0.310 e. The Bertz CT molecular complexity index is 1810. The average Bonchev–Trinajstić information content (AvgIpc) is 3.16. The molecule has 0 saturated heterocycles. The third kappa shape index (κ3) is 3.31. The molecule has 2 heteroatoms. The number of nitrogens with zero attached hydrogens (tertiary/aromatic N) is 1. The van der Waals surface area contributed by atoms with Crippen LogP contribution in [0.25, 0.3) is 32.7 Å². The van der Waals surface area contributed by atoms with Crippen LogP contribution in [0.4, 0.5) is 17.1 Å². The van der Waals surface area contributed by atoms with Gasteiger partial charge in [0.2, 0.25) is 0 Å². The molecule has 1 aliphatic rings. The Morgan fingerprint density at radius 3 is 2.05 bits per heavy atom. The molecule has 178 valence electrons. The number of rotatable bonds is 3. The van der Waals surface area contributed by atoms with E-state index < -0.39 is 0 Å². The molecule has 0 heterocycles. The minimum atomic E-state index is -0.171. The molecule has 0 aromatic heterocycles. The lowest BCUT2D eigenvalue weighted by atomic mass is 9.82. The van der Waals surface area contributed by atoms with Crippen molar-refractivity contribution < 1.29 is 0 Å². The van der Waals surface area contributed by atoms with Crippen LogP contribution in [0.3, 0.4) is 0 Å². The molecule has 0 amide bonds. The van der Waals surface area contributed by atoms with Gasteiger partial charge in [-0.05, 0) is 69.4 Å². The van der Waals surface area contributed by atoms with Crippen molar-refractivity contribution in [3.8, 4) is 11.1 Å². The van der Waals surface area contributed by atoms with Gasteiger partial charge in [0.05, 0.1) is 5.69 Å². The first kappa shape index (κ1) is 22.2. The molecule has 0 atom stereocenters. The van der Waals surface area contributed by atoms with Gasteiger partial charge in [-0.15, -0.1) is 0 Å². The molecular weight excluding hydrogens is 470 g/mol. The van der Waals surface area contributed by atoms with Gasteiger partial charge in [-0.25, -0.2) is 0 Å². The molecule has 6 aromatic carbocycles. The lowest BCUT2D eigenvalue weighted by molar-refractivity contribution is 0.661. The van der Waals surface area contributed by atoms with Gasteiger partial charge in [-0.1, -0.05) is 110 Å². The van der Waals surface area contributed by atoms with E-state index in [1.165, 1.54) is 44.1 Å². The van der Waals surface area contributed by atoms with E-state index in [0.29, 0.717) is 0 Å². The van der Waals surface area contributed by atoms with Gasteiger partial charge in [0.1, 0.15) is 0 Å². The normalized spacial score (nSPS) is 13.5. The summed E-state index contributed by atoms with van der Waals surface area (Å²) >= 11 is 6.80. The predicted octanol–water partition coefficient (Wildman–Crippen LogP) is 10.4. The van der Waals surface area contributed by atoms with Gasteiger partial charge < -0.3 is 4.90 Å². The molecule has 0 fully saturated rings. The Balaban J connectivity index is 1.49. The Morgan fingerprint density at radius 2 is 1.24 bits per heavy atom. The molecule has 37 heavy (non-hydrogen) atoms. The minimum absolute atomic E-state index is 0.171. The van der Waals surface area contributed by atoms with Gasteiger partial charge in [-0.2, -0.15) is 0 Å². The van der Waals surface area contributed by atoms with Crippen LogP contribution >= 0.6 is 11.6 Å². The lowest BCUT2D eigenvalue weighted by Gasteiger charge is -2.29. The number of hydrogen-bond acceptors (Lipinski definition) is 1. The molecule has 0 N–H and O–H groups in total. The molecule has 0 saturated carbocycles. The number of hydrogen-bond donors (Lipinski definition) is 0. The highest BCUT2D eigenvalue weighted by atomic mass is 35.5. The minimum Gasteiger partial charge on any atom is -0.310 e. The van der Waals surface area contributed by atoms with Crippen molar-refractivity contribution in [2.75, 3.05) is 4.90 Å². The summed E-state index contributed by atoms with van der Waals surface area (Å²) in [5, 5.41) is 5.61. The van der Waals surface area contributed by atoms with Gasteiger partial charge in [0.15, 0.2) is 0 Å². The lowest BCUT2D eigenvalue weighted by Crippen LogP contribution is -2.16. The second kappa shape index (κ2) is 8.23. The van der Waals surface area contributed by atoms with Gasteiger partial charge in [0.25, 0.3) is 0 Å². The summed E-state index contributed by atoms with van der Waals surface area (Å²) in [6.07, 6.45) is 0. The Labute approximate surface area is 222 Å². The monoisotopic (exact) mass is 495 g/mol. The maximum absolute atomic E-state index is 6.80. The Morgan fingerprint density at radius 1 is 0.568 bits per heavy atom. The fraction of sp³-hybridized carbons (Fsp3) is 0.0857. The summed E-state index contributed by atoms with van der Waals surface area (Å²) < 4.78 is 0. The van der Waals surface area contributed by atoms with Crippen LogP contribution in [0.2, 0.25) is 5.02 Å². The third-order valence-electron chi connectivity index (χ3n) is 7.89. The predicted molar refractivity (Wildman–Crippen MR) is 159 cm³/mol. The second-order valence-electron chi connectivity index (χ2n) is 10.4. The van der Waals surface area contributed by atoms with Crippen LogP contribution in [0.5, 0.6) is 0 Å². The summed E-state index contributed by atoms with van der Waals surface area (Å²) in [4.78, 5) is 2.38. The highest BCUT2D eigenvalue weighted by Crippen LogP contribution is 2.54. The van der Waals surface area contributed by atoms with E-state index in [-0.39, 0.29) is 5.41 Å². The van der Waals surface area contributed by atoms with Crippen LogP contribution in [-0.2, 0) is 5.41 Å². The first-order chi connectivity index (χ1) is 18.0. The van der Waals surface area contributed by atoms with E-state index in [9.17, 15) is 0 Å². The van der Waals surface area contributed by atoms with Crippen molar-refractivity contribution in [2.45, 2.75) is 19.3 Å². The quantitative estimate of drug-likeness (QED) is 0.236. The van der Waals surface area contributed by atoms with Crippen LogP contribution in [0, 0.1) is 0 Å². The van der Waals surface area contributed by atoms with Gasteiger partial charge in [0, 0.05) is 32.6 Å². The summed E-state index contributed by atoms with van der Waals surface area (Å²) in [5.74, 6) is 0. The molecule has 6 aromatic rings. The maximum Gasteiger partial charge on any atom is 0.0540 e.